The molecule has 3 rings (SSSR count). The van der Waals surface area contributed by atoms with Crippen LogP contribution in [0.3, 0.4) is 0 Å². The molecule has 6 nitrogen and oxygen atoms in total. The Morgan fingerprint density at radius 1 is 1.29 bits per heavy atom. The monoisotopic (exact) mass is 457 g/mol. The van der Waals surface area contributed by atoms with Crippen molar-refractivity contribution in [1.29, 1.82) is 0 Å². The summed E-state index contributed by atoms with van der Waals surface area (Å²) in [6, 6.07) is 3.46. The first kappa shape index (κ1) is 20.5. The number of nitrogens with zero attached hydrogens (tertiary/aromatic N) is 4. The first-order chi connectivity index (χ1) is 13.2. The van der Waals surface area contributed by atoms with E-state index in [2.05, 4.69) is 36.2 Å². The zero-order chi connectivity index (χ0) is 20.5. The van der Waals surface area contributed by atoms with Crippen LogP contribution in [0.1, 0.15) is 30.8 Å². The summed E-state index contributed by atoms with van der Waals surface area (Å²) in [7, 11) is 1.64. The Morgan fingerprint density at radius 2 is 2.04 bits per heavy atom. The molecule has 0 aliphatic rings. The molecule has 3 aromatic rings. The van der Waals surface area contributed by atoms with Gasteiger partial charge in [0.2, 0.25) is 0 Å². The topological polar surface area (TPSA) is 64.9 Å². The van der Waals surface area contributed by atoms with Crippen LogP contribution < -0.4 is 5.32 Å². The number of alkyl halides is 3. The molecule has 28 heavy (non-hydrogen) atoms. The number of methoxy groups -OCH3 is 1. The van der Waals surface area contributed by atoms with Crippen LogP contribution in [0.15, 0.2) is 29.0 Å². The van der Waals surface area contributed by atoms with Gasteiger partial charge in [-0.1, -0.05) is 6.92 Å². The van der Waals surface area contributed by atoms with Gasteiger partial charge in [-0.25, -0.2) is 15.0 Å². The molecule has 0 amide bonds. The number of hydrogen-bond donors (Lipinski definition) is 1. The highest BCUT2D eigenvalue weighted by atomic mass is 79.9. The summed E-state index contributed by atoms with van der Waals surface area (Å²) in [6.07, 6.45) is -1.90. The third-order valence-electron chi connectivity index (χ3n) is 4.31. The number of rotatable bonds is 6. The Bertz CT molecular complexity index is 989. The maximum Gasteiger partial charge on any atom is 0.416 e. The lowest BCUT2D eigenvalue weighted by Crippen LogP contribution is -2.14. The highest BCUT2D eigenvalue weighted by molar-refractivity contribution is 9.10. The minimum atomic E-state index is -4.41. The van der Waals surface area contributed by atoms with Crippen molar-refractivity contribution in [2.24, 2.45) is 0 Å². The number of halogens is 4. The first-order valence-electron chi connectivity index (χ1n) is 8.58. The third kappa shape index (κ3) is 4.12. The summed E-state index contributed by atoms with van der Waals surface area (Å²) < 4.78 is 46.1. The van der Waals surface area contributed by atoms with E-state index in [0.29, 0.717) is 35.1 Å². The molecule has 2 aromatic heterocycles. The van der Waals surface area contributed by atoms with Gasteiger partial charge in [-0.05, 0) is 47.5 Å². The predicted molar refractivity (Wildman–Crippen MR) is 104 cm³/mol. The van der Waals surface area contributed by atoms with Crippen LogP contribution >= 0.6 is 15.9 Å². The van der Waals surface area contributed by atoms with Crippen LogP contribution in [0.5, 0.6) is 0 Å². The number of imidazole rings is 1. The van der Waals surface area contributed by atoms with Gasteiger partial charge in [0.15, 0.2) is 17.0 Å². The molecule has 0 bridgehead atoms. The Kier molecular flexibility index (Phi) is 5.90. The van der Waals surface area contributed by atoms with E-state index in [4.69, 9.17) is 4.74 Å². The van der Waals surface area contributed by atoms with Crippen molar-refractivity contribution in [3.63, 3.8) is 0 Å². The number of anilines is 2. The molecule has 1 unspecified atom stereocenters. The smallest absolute Gasteiger partial charge is 0.383 e. The Hall–Kier alpha value is -2.20. The van der Waals surface area contributed by atoms with Crippen molar-refractivity contribution in [3.05, 3.63) is 40.4 Å². The molecule has 0 aliphatic carbocycles. The van der Waals surface area contributed by atoms with Gasteiger partial charge in [-0.15, -0.1) is 0 Å². The largest absolute Gasteiger partial charge is 0.416 e. The number of benzene rings is 1. The highest BCUT2D eigenvalue weighted by Crippen LogP contribution is 2.35. The lowest BCUT2D eigenvalue weighted by atomic mass is 10.2. The number of nitrogens with one attached hydrogen (secondary N) is 1. The van der Waals surface area contributed by atoms with Crippen LogP contribution in [-0.2, 0) is 10.9 Å². The van der Waals surface area contributed by atoms with E-state index in [1.807, 2.05) is 11.5 Å². The lowest BCUT2D eigenvalue weighted by molar-refractivity contribution is -0.137. The summed E-state index contributed by atoms with van der Waals surface area (Å²) in [5.41, 5.74) is 0.892. The second kappa shape index (κ2) is 8.04. The molecular formula is C18H19BrF3N5O. The van der Waals surface area contributed by atoms with E-state index in [9.17, 15) is 13.2 Å². The van der Waals surface area contributed by atoms with Gasteiger partial charge in [0, 0.05) is 11.6 Å². The number of fused-ring (bicyclic) bond motifs is 1. The summed E-state index contributed by atoms with van der Waals surface area (Å²) in [6.45, 7) is 4.31. The molecule has 2 heterocycles. The molecule has 150 valence electrons. The fourth-order valence-electron chi connectivity index (χ4n) is 2.89. The minimum absolute atomic E-state index is 0.0648. The van der Waals surface area contributed by atoms with Gasteiger partial charge in [-0.3, -0.25) is 0 Å². The van der Waals surface area contributed by atoms with Crippen LogP contribution in [0.25, 0.3) is 11.2 Å². The SMILES string of the molecule is CCC(COC)n1cnc2c(Nc3ccc(C(F)(F)F)cc3Br)nc(C)nc21. The average molecular weight is 458 g/mol. The van der Waals surface area contributed by atoms with Crippen LogP contribution in [0.4, 0.5) is 24.7 Å². The van der Waals surface area contributed by atoms with Gasteiger partial charge in [0.05, 0.1) is 30.2 Å². The summed E-state index contributed by atoms with van der Waals surface area (Å²) in [5, 5.41) is 3.06. The number of aromatic nitrogens is 4. The van der Waals surface area contributed by atoms with Gasteiger partial charge >= 0.3 is 6.18 Å². The van der Waals surface area contributed by atoms with E-state index in [1.165, 1.54) is 6.07 Å². The van der Waals surface area contributed by atoms with Crippen molar-refractivity contribution in [2.75, 3.05) is 19.0 Å². The number of ether oxygens (including phenoxy) is 1. The van der Waals surface area contributed by atoms with E-state index in [0.717, 1.165) is 18.6 Å². The summed E-state index contributed by atoms with van der Waals surface area (Å²) in [4.78, 5) is 13.3. The maximum absolute atomic E-state index is 12.9. The van der Waals surface area contributed by atoms with E-state index in [1.54, 1.807) is 20.4 Å². The molecule has 1 aromatic carbocycles. The summed E-state index contributed by atoms with van der Waals surface area (Å²) in [5.74, 6) is 0.945. The van der Waals surface area contributed by atoms with Gasteiger partial charge in [0.1, 0.15) is 5.82 Å². The van der Waals surface area contributed by atoms with Crippen LogP contribution in [0.2, 0.25) is 0 Å². The fourth-order valence-corrected chi connectivity index (χ4v) is 3.37. The van der Waals surface area contributed by atoms with E-state index >= 15 is 0 Å². The summed E-state index contributed by atoms with van der Waals surface area (Å²) >= 11 is 3.19. The number of aryl methyl sites for hydroxylation is 1. The molecule has 1 atom stereocenters. The zero-order valence-electron chi connectivity index (χ0n) is 15.5. The number of hydrogen-bond acceptors (Lipinski definition) is 5. The average Bonchev–Trinajstić information content (AvgIpc) is 3.04. The molecule has 10 heteroatoms. The first-order valence-corrected chi connectivity index (χ1v) is 9.37. The molecular weight excluding hydrogens is 439 g/mol. The lowest BCUT2D eigenvalue weighted by Gasteiger charge is -2.16. The molecule has 0 radical (unpaired) electrons. The van der Waals surface area contributed by atoms with Crippen LogP contribution in [0, 0.1) is 6.92 Å². The van der Waals surface area contributed by atoms with Crippen molar-refractivity contribution < 1.29 is 17.9 Å². The third-order valence-corrected chi connectivity index (χ3v) is 4.96. The normalized spacial score (nSPS) is 13.1. The Balaban J connectivity index is 2.01. The molecule has 0 saturated heterocycles. The molecule has 0 aliphatic heterocycles. The highest BCUT2D eigenvalue weighted by Gasteiger charge is 2.31. The Morgan fingerprint density at radius 3 is 2.64 bits per heavy atom. The van der Waals surface area contributed by atoms with E-state index < -0.39 is 11.7 Å². The van der Waals surface area contributed by atoms with Gasteiger partial charge in [-0.2, -0.15) is 13.2 Å². The van der Waals surface area contributed by atoms with Crippen molar-refractivity contribution >= 4 is 38.6 Å². The zero-order valence-corrected chi connectivity index (χ0v) is 17.1. The van der Waals surface area contributed by atoms with E-state index in [-0.39, 0.29) is 10.5 Å². The van der Waals surface area contributed by atoms with Gasteiger partial charge in [0.25, 0.3) is 0 Å². The Labute approximate surface area is 168 Å². The molecule has 1 N–H and O–H groups in total. The molecule has 0 fully saturated rings. The van der Waals surface area contributed by atoms with Crippen molar-refractivity contribution in [2.45, 2.75) is 32.5 Å². The standard InChI is InChI=1S/C18H19BrF3N5O/c1-4-12(8-28-3)27-9-23-15-16(24-10(2)25-17(15)27)26-14-6-5-11(7-13(14)19)18(20,21)22/h5-7,9,12H,4,8H2,1-3H3,(H,24,25,26). The minimum Gasteiger partial charge on any atom is -0.383 e. The quantitative estimate of drug-likeness (QED) is 0.546. The van der Waals surface area contributed by atoms with Gasteiger partial charge < -0.3 is 14.6 Å². The fraction of sp³-hybridized carbons (Fsp3) is 0.389. The molecule has 0 spiro atoms. The second-order valence-electron chi connectivity index (χ2n) is 6.28. The maximum atomic E-state index is 12.9. The molecule has 0 saturated carbocycles. The second-order valence-corrected chi connectivity index (χ2v) is 7.13. The predicted octanol–water partition coefficient (Wildman–Crippen LogP) is 5.26. The van der Waals surface area contributed by atoms with Crippen molar-refractivity contribution in [3.8, 4) is 0 Å². The van der Waals surface area contributed by atoms with Crippen molar-refractivity contribution in [1.82, 2.24) is 19.5 Å². The van der Waals surface area contributed by atoms with Crippen LogP contribution in [-0.4, -0.2) is 33.2 Å².